The minimum absolute atomic E-state index is 0.0721. The highest BCUT2D eigenvalue weighted by molar-refractivity contribution is 6.03. The molecule has 10 nitrogen and oxygen atoms in total. The van der Waals surface area contributed by atoms with Gasteiger partial charge in [0.05, 0.1) is 34.7 Å². The standard InChI is InChI=1S/C27H25F3N4O6/c1-15(35)23-22-11-19(21-12-20(17-5-3-2-4-6-17)31-32(21)14-27(28,29)30)24(33(22)25(23)36)26(37)40-13-16-7-9-18(10-8-16)34(38)39/h2-10,15,21-23,35H,11-14H2,1H3/t15-,21-,22-,23-/m1/s1. The number of ether oxygens (including phenoxy) is 1. The third-order valence-corrected chi connectivity index (χ3v) is 7.32. The Hall–Kier alpha value is -4.26. The Morgan fingerprint density at radius 1 is 1.18 bits per heavy atom. The third kappa shape index (κ3) is 5.16. The van der Waals surface area contributed by atoms with Crippen LogP contribution in [0.4, 0.5) is 18.9 Å². The van der Waals surface area contributed by atoms with Crippen molar-refractivity contribution in [3.8, 4) is 0 Å². The number of esters is 1. The summed E-state index contributed by atoms with van der Waals surface area (Å²) in [5.41, 5.74) is 1.49. The number of aliphatic hydroxyl groups excluding tert-OH is 1. The maximum atomic E-state index is 13.6. The van der Waals surface area contributed by atoms with Crippen molar-refractivity contribution < 1.29 is 37.5 Å². The Labute approximate surface area is 226 Å². The molecule has 40 heavy (non-hydrogen) atoms. The molecule has 0 aromatic heterocycles. The molecule has 210 valence electrons. The van der Waals surface area contributed by atoms with Crippen LogP contribution in [0.2, 0.25) is 0 Å². The first-order valence-corrected chi connectivity index (χ1v) is 12.6. The highest BCUT2D eigenvalue weighted by Gasteiger charge is 2.58. The number of hydrazone groups is 1. The van der Waals surface area contributed by atoms with Gasteiger partial charge >= 0.3 is 12.1 Å². The molecule has 1 N–H and O–H groups in total. The van der Waals surface area contributed by atoms with Crippen LogP contribution in [-0.2, 0) is 20.9 Å². The number of benzene rings is 2. The lowest BCUT2D eigenvalue weighted by Crippen LogP contribution is -2.61. The zero-order valence-corrected chi connectivity index (χ0v) is 21.2. The lowest BCUT2D eigenvalue weighted by atomic mass is 9.82. The van der Waals surface area contributed by atoms with Crippen molar-refractivity contribution in [3.05, 3.63) is 87.1 Å². The fraction of sp³-hybridized carbons (Fsp3) is 0.370. The van der Waals surface area contributed by atoms with Gasteiger partial charge in [0.25, 0.3) is 5.69 Å². The number of fused-ring (bicyclic) bond motifs is 1. The van der Waals surface area contributed by atoms with Gasteiger partial charge in [0.15, 0.2) is 0 Å². The van der Waals surface area contributed by atoms with Crippen molar-refractivity contribution in [1.29, 1.82) is 0 Å². The molecule has 0 bridgehead atoms. The van der Waals surface area contributed by atoms with E-state index in [0.717, 1.165) is 5.01 Å². The van der Waals surface area contributed by atoms with Gasteiger partial charge in [-0.2, -0.15) is 18.3 Å². The predicted molar refractivity (Wildman–Crippen MR) is 134 cm³/mol. The number of carbonyl (C=O) groups excluding carboxylic acids is 2. The van der Waals surface area contributed by atoms with Gasteiger partial charge in [-0.3, -0.25) is 19.9 Å². The molecule has 13 heteroatoms. The van der Waals surface area contributed by atoms with E-state index in [-0.39, 0.29) is 36.4 Å². The maximum absolute atomic E-state index is 13.6. The molecular weight excluding hydrogens is 533 g/mol. The van der Waals surface area contributed by atoms with Crippen molar-refractivity contribution >= 4 is 23.3 Å². The summed E-state index contributed by atoms with van der Waals surface area (Å²) in [5.74, 6) is -2.22. The number of nitrogens with zero attached hydrogens (tertiary/aromatic N) is 4. The zero-order valence-electron chi connectivity index (χ0n) is 21.2. The summed E-state index contributed by atoms with van der Waals surface area (Å²) >= 11 is 0. The molecule has 0 radical (unpaired) electrons. The Balaban J connectivity index is 1.46. The zero-order chi connectivity index (χ0) is 28.8. The van der Waals surface area contributed by atoms with E-state index in [4.69, 9.17) is 4.74 Å². The lowest BCUT2D eigenvalue weighted by molar-refractivity contribution is -0.384. The van der Waals surface area contributed by atoms with Gasteiger partial charge in [-0.1, -0.05) is 30.3 Å². The van der Waals surface area contributed by atoms with Crippen LogP contribution in [0.25, 0.3) is 0 Å². The topological polar surface area (TPSA) is 126 Å². The number of β-lactam (4-membered cyclic amide) rings is 1. The Bertz CT molecular complexity index is 1390. The fourth-order valence-electron chi connectivity index (χ4n) is 5.51. The van der Waals surface area contributed by atoms with Crippen molar-refractivity contribution in [2.75, 3.05) is 6.54 Å². The van der Waals surface area contributed by atoms with Crippen LogP contribution in [0.5, 0.6) is 0 Å². The van der Waals surface area contributed by atoms with E-state index in [1.807, 2.05) is 0 Å². The molecule has 1 amide bonds. The largest absolute Gasteiger partial charge is 0.456 e. The minimum atomic E-state index is -4.58. The van der Waals surface area contributed by atoms with Crippen molar-refractivity contribution in [1.82, 2.24) is 9.91 Å². The Morgan fingerprint density at radius 2 is 1.85 bits per heavy atom. The summed E-state index contributed by atoms with van der Waals surface area (Å²) in [5, 5.41) is 26.2. The summed E-state index contributed by atoms with van der Waals surface area (Å²) in [6.07, 6.45) is -5.44. The summed E-state index contributed by atoms with van der Waals surface area (Å²) in [6.45, 7) is -0.184. The predicted octanol–water partition coefficient (Wildman–Crippen LogP) is 3.54. The molecule has 1 fully saturated rings. The van der Waals surface area contributed by atoms with Gasteiger partial charge < -0.3 is 14.7 Å². The van der Waals surface area contributed by atoms with Crippen LogP contribution in [0.3, 0.4) is 0 Å². The molecule has 0 saturated carbocycles. The average molecular weight is 559 g/mol. The second kappa shape index (κ2) is 10.4. The van der Waals surface area contributed by atoms with Gasteiger partial charge in [0, 0.05) is 18.6 Å². The molecule has 4 atom stereocenters. The molecule has 3 heterocycles. The van der Waals surface area contributed by atoms with E-state index in [9.17, 15) is 38.0 Å². The van der Waals surface area contributed by atoms with Crippen LogP contribution in [0.15, 0.2) is 71.0 Å². The number of aliphatic hydroxyl groups is 1. The van der Waals surface area contributed by atoms with E-state index in [2.05, 4.69) is 5.10 Å². The SMILES string of the molecule is C[C@@H](O)[C@H]1C(=O)N2C(C(=O)OCc3ccc([N+](=O)[O-])cc3)=C([C@H]3CC(c4ccccc4)=NN3CC(F)(F)F)C[C@H]12. The number of carbonyl (C=O) groups is 2. The number of non-ortho nitro benzene ring substituents is 1. The minimum Gasteiger partial charge on any atom is -0.456 e. The summed E-state index contributed by atoms with van der Waals surface area (Å²) in [4.78, 5) is 37.9. The van der Waals surface area contributed by atoms with Crippen molar-refractivity contribution in [2.45, 2.75) is 50.7 Å². The fourth-order valence-corrected chi connectivity index (χ4v) is 5.51. The molecule has 2 aromatic carbocycles. The van der Waals surface area contributed by atoms with Crippen LogP contribution >= 0.6 is 0 Å². The van der Waals surface area contributed by atoms with Crippen LogP contribution < -0.4 is 0 Å². The van der Waals surface area contributed by atoms with E-state index >= 15 is 0 Å². The maximum Gasteiger partial charge on any atom is 0.407 e. The summed E-state index contributed by atoms with van der Waals surface area (Å²) < 4.78 is 46.2. The number of hydrogen-bond donors (Lipinski definition) is 1. The molecule has 2 aromatic rings. The molecular formula is C27H25F3N4O6. The van der Waals surface area contributed by atoms with Crippen LogP contribution in [-0.4, -0.2) is 68.4 Å². The number of rotatable bonds is 8. The van der Waals surface area contributed by atoms with E-state index in [1.54, 1.807) is 30.3 Å². The van der Waals surface area contributed by atoms with Gasteiger partial charge in [-0.15, -0.1) is 0 Å². The van der Waals surface area contributed by atoms with E-state index < -0.39 is 53.6 Å². The second-order valence-electron chi connectivity index (χ2n) is 9.97. The number of hydrogen-bond acceptors (Lipinski definition) is 8. The molecule has 3 aliphatic rings. The first kappa shape index (κ1) is 27.3. The normalized spacial score (nSPS) is 23.1. The second-order valence-corrected chi connectivity index (χ2v) is 9.97. The summed E-state index contributed by atoms with van der Waals surface area (Å²) in [7, 11) is 0. The molecule has 0 unspecified atom stereocenters. The monoisotopic (exact) mass is 558 g/mol. The first-order valence-electron chi connectivity index (χ1n) is 12.6. The molecule has 5 rings (SSSR count). The van der Waals surface area contributed by atoms with Crippen LogP contribution in [0.1, 0.15) is 30.9 Å². The first-order chi connectivity index (χ1) is 18.9. The van der Waals surface area contributed by atoms with Crippen molar-refractivity contribution in [3.63, 3.8) is 0 Å². The Kier molecular flexibility index (Phi) is 7.08. The van der Waals surface area contributed by atoms with Crippen LogP contribution in [0, 0.1) is 16.0 Å². The quantitative estimate of drug-likeness (QED) is 0.227. The molecule has 0 aliphatic carbocycles. The molecule has 3 aliphatic heterocycles. The Morgan fingerprint density at radius 3 is 2.45 bits per heavy atom. The molecule has 1 saturated heterocycles. The number of halogens is 3. The number of amides is 1. The third-order valence-electron chi connectivity index (χ3n) is 7.32. The average Bonchev–Trinajstić information content (AvgIpc) is 3.45. The highest BCUT2D eigenvalue weighted by atomic mass is 19.4. The van der Waals surface area contributed by atoms with Crippen molar-refractivity contribution in [2.24, 2.45) is 11.0 Å². The summed E-state index contributed by atoms with van der Waals surface area (Å²) in [6, 6.07) is 12.5. The van der Waals surface area contributed by atoms with E-state index in [0.29, 0.717) is 16.8 Å². The number of alkyl halides is 3. The van der Waals surface area contributed by atoms with Gasteiger partial charge in [0.2, 0.25) is 5.91 Å². The number of nitro benzene ring substituents is 1. The smallest absolute Gasteiger partial charge is 0.407 e. The van der Waals surface area contributed by atoms with Gasteiger partial charge in [-0.05, 0) is 42.2 Å². The number of nitro groups is 1. The van der Waals surface area contributed by atoms with Gasteiger partial charge in [-0.25, -0.2) is 4.79 Å². The van der Waals surface area contributed by atoms with E-state index in [1.165, 1.54) is 36.1 Å². The highest BCUT2D eigenvalue weighted by Crippen LogP contribution is 2.47. The lowest BCUT2D eigenvalue weighted by Gasteiger charge is -2.44. The molecule has 0 spiro atoms. The van der Waals surface area contributed by atoms with Gasteiger partial charge in [0.1, 0.15) is 18.8 Å².